The summed E-state index contributed by atoms with van der Waals surface area (Å²) in [5.74, 6) is -0.0522. The fourth-order valence-electron chi connectivity index (χ4n) is 3.09. The Kier molecular flexibility index (Phi) is 5.78. The van der Waals surface area contributed by atoms with Gasteiger partial charge in [0.05, 0.1) is 5.69 Å². The summed E-state index contributed by atoms with van der Waals surface area (Å²) >= 11 is 0. The van der Waals surface area contributed by atoms with E-state index in [4.69, 9.17) is 0 Å². The molecule has 0 aliphatic rings. The van der Waals surface area contributed by atoms with Gasteiger partial charge in [-0.15, -0.1) is 0 Å². The Bertz CT molecular complexity index is 720. The Balaban J connectivity index is 2.03. The quantitative estimate of drug-likeness (QED) is 0.855. The van der Waals surface area contributed by atoms with Gasteiger partial charge in [-0.3, -0.25) is 9.48 Å². The van der Waals surface area contributed by atoms with Gasteiger partial charge in [0.25, 0.3) is 0 Å². The summed E-state index contributed by atoms with van der Waals surface area (Å²) in [5, 5.41) is 11.0. The van der Waals surface area contributed by atoms with Crippen LogP contribution >= 0.6 is 0 Å². The largest absolute Gasteiger partial charge is 0.326 e. The molecule has 0 fully saturated rings. The molecule has 0 radical (unpaired) electrons. The average molecular weight is 328 g/mol. The Hall–Kier alpha value is -2.14. The van der Waals surface area contributed by atoms with Crippen molar-refractivity contribution in [3.63, 3.8) is 0 Å². The first-order valence-electron chi connectivity index (χ1n) is 8.40. The van der Waals surface area contributed by atoms with Gasteiger partial charge >= 0.3 is 0 Å². The van der Waals surface area contributed by atoms with Crippen LogP contribution in [0.5, 0.6) is 0 Å². The second kappa shape index (κ2) is 7.62. The normalized spacial score (nSPS) is 13.6. The van der Waals surface area contributed by atoms with Crippen molar-refractivity contribution < 1.29 is 4.79 Å². The molecule has 130 valence electrons. The first kappa shape index (κ1) is 18.2. The van der Waals surface area contributed by atoms with Crippen LogP contribution in [0.4, 0.5) is 5.69 Å². The Morgan fingerprint density at radius 1 is 1.29 bits per heavy atom. The number of hydrogen-bond acceptors (Lipinski definition) is 3. The van der Waals surface area contributed by atoms with Gasteiger partial charge < -0.3 is 10.6 Å². The summed E-state index contributed by atoms with van der Waals surface area (Å²) < 4.78 is 1.94. The summed E-state index contributed by atoms with van der Waals surface area (Å²) in [6.07, 6.45) is 0.946. The number of benzene rings is 1. The highest BCUT2D eigenvalue weighted by atomic mass is 16.1. The van der Waals surface area contributed by atoms with Crippen LogP contribution in [0.2, 0.25) is 0 Å². The van der Waals surface area contributed by atoms with Crippen molar-refractivity contribution in [2.75, 3.05) is 5.32 Å². The predicted molar refractivity (Wildman–Crippen MR) is 98.1 cm³/mol. The van der Waals surface area contributed by atoms with Crippen molar-refractivity contribution in [2.45, 2.75) is 53.1 Å². The molecule has 2 atom stereocenters. The highest BCUT2D eigenvalue weighted by Gasteiger charge is 2.15. The lowest BCUT2D eigenvalue weighted by Gasteiger charge is -2.21. The lowest BCUT2D eigenvalue weighted by atomic mass is 10.0. The van der Waals surface area contributed by atoms with Gasteiger partial charge in [-0.05, 0) is 57.4 Å². The van der Waals surface area contributed by atoms with Crippen LogP contribution in [0, 0.1) is 13.8 Å². The van der Waals surface area contributed by atoms with Crippen LogP contribution in [-0.4, -0.2) is 21.7 Å². The molecule has 0 spiro atoms. The van der Waals surface area contributed by atoms with E-state index in [1.807, 2.05) is 29.9 Å². The third-order valence-corrected chi connectivity index (χ3v) is 4.41. The van der Waals surface area contributed by atoms with Crippen LogP contribution < -0.4 is 10.6 Å². The number of anilines is 1. The monoisotopic (exact) mass is 328 g/mol. The Morgan fingerprint density at radius 3 is 2.58 bits per heavy atom. The standard InChI is InChI=1S/C19H28N4O/c1-12(10-19-14(3)22-23(6)15(19)4)20-13(2)17-8-7-9-18(11-17)21-16(5)24/h7-9,11-13,20H,10H2,1-6H3,(H,21,24)/t12-,13+/m0/s1. The summed E-state index contributed by atoms with van der Waals surface area (Å²) in [6, 6.07) is 8.50. The maximum Gasteiger partial charge on any atom is 0.221 e. The number of aryl methyl sites for hydroxylation is 2. The molecule has 0 saturated heterocycles. The molecule has 1 aromatic heterocycles. The van der Waals surface area contributed by atoms with E-state index in [0.717, 1.165) is 23.4 Å². The van der Waals surface area contributed by atoms with Gasteiger partial charge in [-0.25, -0.2) is 0 Å². The predicted octanol–water partition coefficient (Wildman–Crippen LogP) is 3.28. The number of nitrogens with zero attached hydrogens (tertiary/aromatic N) is 2. The van der Waals surface area contributed by atoms with E-state index < -0.39 is 0 Å². The minimum atomic E-state index is -0.0522. The third-order valence-electron chi connectivity index (χ3n) is 4.41. The van der Waals surface area contributed by atoms with Gasteiger partial charge in [-0.2, -0.15) is 5.10 Å². The Morgan fingerprint density at radius 2 is 2.00 bits per heavy atom. The molecule has 2 aromatic rings. The molecular weight excluding hydrogens is 300 g/mol. The van der Waals surface area contributed by atoms with E-state index in [1.165, 1.54) is 18.2 Å². The van der Waals surface area contributed by atoms with Crippen LogP contribution in [0.1, 0.15) is 49.3 Å². The topological polar surface area (TPSA) is 59.0 Å². The lowest BCUT2D eigenvalue weighted by molar-refractivity contribution is -0.114. The first-order chi connectivity index (χ1) is 11.3. The van der Waals surface area contributed by atoms with Gasteiger partial charge in [-0.1, -0.05) is 12.1 Å². The van der Waals surface area contributed by atoms with Gasteiger partial charge in [0.2, 0.25) is 5.91 Å². The molecule has 0 bridgehead atoms. The fourth-order valence-corrected chi connectivity index (χ4v) is 3.09. The zero-order valence-electron chi connectivity index (χ0n) is 15.5. The van der Waals surface area contributed by atoms with Crippen molar-refractivity contribution >= 4 is 11.6 Å². The molecular formula is C19H28N4O. The third kappa shape index (κ3) is 4.45. The van der Waals surface area contributed by atoms with Gasteiger partial charge in [0.15, 0.2) is 0 Å². The van der Waals surface area contributed by atoms with Crippen molar-refractivity contribution in [3.8, 4) is 0 Å². The SMILES string of the molecule is CC(=O)Nc1cccc([C@@H](C)N[C@@H](C)Cc2c(C)nn(C)c2C)c1. The lowest BCUT2D eigenvalue weighted by Crippen LogP contribution is -2.31. The molecule has 24 heavy (non-hydrogen) atoms. The number of hydrogen-bond donors (Lipinski definition) is 2. The second-order valence-electron chi connectivity index (χ2n) is 6.57. The molecule has 1 aromatic carbocycles. The number of nitrogens with one attached hydrogen (secondary N) is 2. The van der Waals surface area contributed by atoms with Crippen LogP contribution in [0.3, 0.4) is 0 Å². The highest BCUT2D eigenvalue weighted by Crippen LogP contribution is 2.20. The number of rotatable bonds is 6. The second-order valence-corrected chi connectivity index (χ2v) is 6.57. The first-order valence-corrected chi connectivity index (χ1v) is 8.40. The van der Waals surface area contributed by atoms with Crippen LogP contribution in [0.25, 0.3) is 0 Å². The average Bonchev–Trinajstić information content (AvgIpc) is 2.73. The van der Waals surface area contributed by atoms with E-state index in [9.17, 15) is 4.79 Å². The maximum absolute atomic E-state index is 11.2. The molecule has 5 heteroatoms. The zero-order valence-corrected chi connectivity index (χ0v) is 15.5. The zero-order chi connectivity index (χ0) is 17.9. The van der Waals surface area contributed by atoms with E-state index in [-0.39, 0.29) is 11.9 Å². The van der Waals surface area contributed by atoms with Crippen molar-refractivity contribution in [1.29, 1.82) is 0 Å². The van der Waals surface area contributed by atoms with Crippen molar-refractivity contribution in [1.82, 2.24) is 15.1 Å². The number of aromatic nitrogens is 2. The molecule has 5 nitrogen and oxygen atoms in total. The smallest absolute Gasteiger partial charge is 0.221 e. The van der Waals surface area contributed by atoms with Gasteiger partial charge in [0, 0.05) is 37.4 Å². The molecule has 1 amide bonds. The van der Waals surface area contributed by atoms with Crippen LogP contribution in [0.15, 0.2) is 24.3 Å². The van der Waals surface area contributed by atoms with Gasteiger partial charge in [0.1, 0.15) is 0 Å². The maximum atomic E-state index is 11.2. The molecule has 0 aliphatic heterocycles. The van der Waals surface area contributed by atoms with E-state index in [1.54, 1.807) is 0 Å². The molecule has 0 unspecified atom stereocenters. The molecule has 0 aliphatic carbocycles. The molecule has 2 rings (SSSR count). The van der Waals surface area contributed by atoms with E-state index in [0.29, 0.717) is 6.04 Å². The summed E-state index contributed by atoms with van der Waals surface area (Å²) in [6.45, 7) is 10.0. The highest BCUT2D eigenvalue weighted by molar-refractivity contribution is 5.88. The molecule has 1 heterocycles. The van der Waals surface area contributed by atoms with Crippen molar-refractivity contribution in [3.05, 3.63) is 46.8 Å². The fraction of sp³-hybridized carbons (Fsp3) is 0.474. The number of carbonyl (C=O) groups is 1. The molecule has 0 saturated carbocycles. The minimum Gasteiger partial charge on any atom is -0.326 e. The van der Waals surface area contributed by atoms with Crippen molar-refractivity contribution in [2.24, 2.45) is 7.05 Å². The number of amides is 1. The summed E-state index contributed by atoms with van der Waals surface area (Å²) in [5.41, 5.74) is 5.63. The Labute approximate surface area is 144 Å². The van der Waals surface area contributed by atoms with Crippen LogP contribution in [-0.2, 0) is 18.3 Å². The summed E-state index contributed by atoms with van der Waals surface area (Å²) in [4.78, 5) is 11.2. The van der Waals surface area contributed by atoms with E-state index >= 15 is 0 Å². The molecule has 2 N–H and O–H groups in total. The number of carbonyl (C=O) groups excluding carboxylic acids is 1. The minimum absolute atomic E-state index is 0.0522. The van der Waals surface area contributed by atoms with E-state index in [2.05, 4.69) is 49.5 Å². The summed E-state index contributed by atoms with van der Waals surface area (Å²) in [7, 11) is 1.99.